The van der Waals surface area contributed by atoms with Crippen LogP contribution in [0.5, 0.6) is 0 Å². The zero-order chi connectivity index (χ0) is 28.8. The van der Waals surface area contributed by atoms with E-state index in [0.29, 0.717) is 30.6 Å². The molecule has 10 atom stereocenters. The fourth-order valence-electron chi connectivity index (χ4n) is 11.6. The van der Waals surface area contributed by atoms with Gasteiger partial charge in [0.25, 0.3) is 0 Å². The monoisotopic (exact) mass is 586 g/mol. The molecule has 0 N–H and O–H groups in total. The maximum atomic E-state index is 13.3. The van der Waals surface area contributed by atoms with Crippen LogP contribution in [-0.2, 0) is 28.9 Å². The molecule has 5 saturated carbocycles. The maximum Gasteiger partial charge on any atom is 1.00 e. The van der Waals surface area contributed by atoms with Crippen molar-refractivity contribution in [3.63, 3.8) is 0 Å². The third-order valence-electron chi connectivity index (χ3n) is 13.3. The minimum absolute atomic E-state index is 0. The fraction of sp³-hybridized carbons (Fsp3) is 0.871. The zero-order valence-corrected chi connectivity index (χ0v) is 28.6. The minimum Gasteiger partial charge on any atom is -0.726 e. The molecule has 0 amide bonds. The van der Waals surface area contributed by atoms with Crippen molar-refractivity contribution in [2.75, 3.05) is 7.11 Å². The first-order valence-corrected chi connectivity index (χ1v) is 16.2. The van der Waals surface area contributed by atoms with Crippen molar-refractivity contribution in [2.45, 2.75) is 112 Å². The molecular weight excluding hydrogens is 539 g/mol. The van der Waals surface area contributed by atoms with Crippen molar-refractivity contribution in [2.24, 2.45) is 50.7 Å². The van der Waals surface area contributed by atoms with Crippen LogP contribution in [0.4, 0.5) is 0 Å². The summed E-state index contributed by atoms with van der Waals surface area (Å²) in [7, 11) is -3.62. The van der Waals surface area contributed by atoms with Crippen LogP contribution >= 0.6 is 0 Å². The smallest absolute Gasteiger partial charge is 0.726 e. The Balaban J connectivity index is 0.00000370. The van der Waals surface area contributed by atoms with Crippen molar-refractivity contribution in [1.82, 2.24) is 0 Å². The number of esters is 1. The zero-order valence-electron chi connectivity index (χ0n) is 25.8. The summed E-state index contributed by atoms with van der Waals surface area (Å²) >= 11 is 0. The summed E-state index contributed by atoms with van der Waals surface area (Å²) in [5, 5.41) is 0. The Morgan fingerprint density at radius 3 is 2.17 bits per heavy atom. The molecule has 40 heavy (non-hydrogen) atoms. The minimum atomic E-state index is -4.95. The molecule has 0 aromatic heterocycles. The van der Waals surface area contributed by atoms with E-state index in [1.54, 1.807) is 13.0 Å². The second-order valence-electron chi connectivity index (χ2n) is 14.8. The molecule has 0 heterocycles. The van der Waals surface area contributed by atoms with Gasteiger partial charge in [-0.05, 0) is 130 Å². The third-order valence-corrected chi connectivity index (χ3v) is 13.8. The summed E-state index contributed by atoms with van der Waals surface area (Å²) in [6.45, 7) is 13.0. The number of fused-ring (bicyclic) bond motifs is 2. The number of carbonyl (C=O) groups is 2. The number of rotatable bonds is 7. The Morgan fingerprint density at radius 2 is 1.57 bits per heavy atom. The molecular formula is C31H47NaO7S. The number of methoxy groups -OCH3 is 1. The number of hydrogen-bond acceptors (Lipinski definition) is 7. The number of ether oxygens (including phenoxy) is 1. The van der Waals surface area contributed by atoms with E-state index in [1.807, 2.05) is 13.8 Å². The van der Waals surface area contributed by atoms with E-state index in [4.69, 9.17) is 8.92 Å². The van der Waals surface area contributed by atoms with Crippen LogP contribution in [0.1, 0.15) is 106 Å². The first-order chi connectivity index (χ1) is 18.0. The van der Waals surface area contributed by atoms with Crippen molar-refractivity contribution in [3.8, 4) is 0 Å². The van der Waals surface area contributed by atoms with Gasteiger partial charge in [-0.3, -0.25) is 13.8 Å². The van der Waals surface area contributed by atoms with Gasteiger partial charge in [0.1, 0.15) is 0 Å². The molecule has 0 aromatic rings. The number of hydrogen-bond donors (Lipinski definition) is 0. The largest absolute Gasteiger partial charge is 1.00 e. The molecule has 2 spiro atoms. The Hall–Kier alpha value is -0.250. The molecule has 0 aliphatic heterocycles. The molecule has 0 bridgehead atoms. The fourth-order valence-corrected chi connectivity index (χ4v) is 12.2. The first-order valence-electron chi connectivity index (χ1n) is 14.9. The maximum absolute atomic E-state index is 13.3. The van der Waals surface area contributed by atoms with E-state index in [0.717, 1.165) is 56.9 Å². The molecule has 5 rings (SSSR count). The van der Waals surface area contributed by atoms with E-state index < -0.39 is 27.9 Å². The topological polar surface area (TPSA) is 110 Å². The van der Waals surface area contributed by atoms with Gasteiger partial charge in [0.05, 0.1) is 18.6 Å². The number of ketones is 1. The van der Waals surface area contributed by atoms with Crippen LogP contribution < -0.4 is 29.6 Å². The summed E-state index contributed by atoms with van der Waals surface area (Å²) in [4.78, 5) is 26.0. The summed E-state index contributed by atoms with van der Waals surface area (Å²) in [5.41, 5.74) is 0.295. The molecule has 0 aromatic carbocycles. The Bertz CT molecular complexity index is 1200. The van der Waals surface area contributed by atoms with E-state index in [-0.39, 0.29) is 62.9 Å². The summed E-state index contributed by atoms with van der Waals surface area (Å²) in [6.07, 6.45) is 9.94. The normalized spacial score (nSPS) is 45.9. The molecule has 9 heteroatoms. The van der Waals surface area contributed by atoms with E-state index in [1.165, 1.54) is 7.11 Å². The second kappa shape index (κ2) is 10.4. The van der Waals surface area contributed by atoms with Gasteiger partial charge in [-0.15, -0.1) is 0 Å². The standard InChI is InChI=1S/C31H48O7S.Na/c1-19(2)16-21(32)17-20(3)22-10-12-28(5)23-8-9-24-29(6,26(33)37-7)25(38-39(34,35)36)11-13-30(24)18-31(23,30)15-14-27(22,28)4;/h16,20,22-25H,8-15,17-18H2,1-7H3,(H,34,35,36);/q;+1/p-1/t20-,22-,23+,24+,25+,27-,28+,29+,30-,31+;/m1./s1. The predicted octanol–water partition coefficient (Wildman–Crippen LogP) is 2.99. The van der Waals surface area contributed by atoms with Crippen LogP contribution in [0, 0.1) is 50.7 Å². The molecule has 0 unspecified atom stereocenters. The van der Waals surface area contributed by atoms with Gasteiger partial charge in [0, 0.05) is 6.42 Å². The number of allylic oxidation sites excluding steroid dienone is 2. The summed E-state index contributed by atoms with van der Waals surface area (Å²) < 4.78 is 45.2. The van der Waals surface area contributed by atoms with Crippen molar-refractivity contribution in [1.29, 1.82) is 0 Å². The quantitative estimate of drug-likeness (QED) is 0.148. The van der Waals surface area contributed by atoms with Crippen LogP contribution in [0.15, 0.2) is 11.6 Å². The summed E-state index contributed by atoms with van der Waals surface area (Å²) in [5.74, 6) is 1.07. The molecule has 0 radical (unpaired) electrons. The summed E-state index contributed by atoms with van der Waals surface area (Å²) in [6, 6.07) is 0. The molecule has 7 nitrogen and oxygen atoms in total. The third kappa shape index (κ3) is 4.47. The predicted molar refractivity (Wildman–Crippen MR) is 146 cm³/mol. The molecule has 5 aliphatic rings. The SMILES string of the molecule is COC(=O)[C@]1(C)[C@@H](OS(=O)(=O)[O-])CC[C@]23C[C@]24CC[C@]2(C)[C@@H]([C@H](C)CC(=O)C=C(C)C)CC[C@@]2(C)[C@@H]4CC[C@@H]13.[Na+]. The van der Waals surface area contributed by atoms with Gasteiger partial charge in [-0.25, -0.2) is 8.42 Å². The van der Waals surface area contributed by atoms with Crippen LogP contribution in [0.25, 0.3) is 0 Å². The Labute approximate surface area is 263 Å². The van der Waals surface area contributed by atoms with Gasteiger partial charge in [0.15, 0.2) is 5.78 Å². The number of carbonyl (C=O) groups excluding carboxylic acids is 2. The van der Waals surface area contributed by atoms with Gasteiger partial charge in [-0.2, -0.15) is 0 Å². The van der Waals surface area contributed by atoms with Gasteiger partial charge >= 0.3 is 35.5 Å². The molecule has 220 valence electrons. The van der Waals surface area contributed by atoms with Crippen LogP contribution in [0.2, 0.25) is 0 Å². The second-order valence-corrected chi connectivity index (χ2v) is 15.8. The van der Waals surface area contributed by atoms with E-state index in [9.17, 15) is 22.6 Å². The van der Waals surface area contributed by atoms with Crippen molar-refractivity contribution < 1.29 is 61.0 Å². The molecule has 0 saturated heterocycles. The van der Waals surface area contributed by atoms with E-state index in [2.05, 4.69) is 20.8 Å². The molecule has 5 aliphatic carbocycles. The van der Waals surface area contributed by atoms with Gasteiger partial charge < -0.3 is 9.29 Å². The van der Waals surface area contributed by atoms with Gasteiger partial charge in [-0.1, -0.05) is 26.3 Å². The molecule has 5 fully saturated rings. The van der Waals surface area contributed by atoms with Crippen LogP contribution in [0.3, 0.4) is 0 Å². The van der Waals surface area contributed by atoms with E-state index >= 15 is 0 Å². The van der Waals surface area contributed by atoms with Crippen molar-refractivity contribution >= 4 is 22.2 Å². The Morgan fingerprint density at radius 1 is 0.950 bits per heavy atom. The average molecular weight is 587 g/mol. The first kappa shape index (κ1) is 32.7. The van der Waals surface area contributed by atoms with Crippen LogP contribution in [-0.4, -0.2) is 37.9 Å². The Kier molecular flexibility index (Phi) is 8.52. The van der Waals surface area contributed by atoms with Gasteiger partial charge in [0.2, 0.25) is 10.4 Å². The average Bonchev–Trinajstić information content (AvgIpc) is 3.41. The van der Waals surface area contributed by atoms with Crippen molar-refractivity contribution in [3.05, 3.63) is 11.6 Å².